The lowest BCUT2D eigenvalue weighted by Crippen LogP contribution is -2.47. The number of aryl methyl sites for hydroxylation is 1. The fraction of sp³-hybridized carbons (Fsp3) is 0.333. The summed E-state index contributed by atoms with van der Waals surface area (Å²) < 4.78 is 16.2. The van der Waals surface area contributed by atoms with Crippen molar-refractivity contribution in [3.63, 3.8) is 0 Å². The van der Waals surface area contributed by atoms with Crippen molar-refractivity contribution < 1.29 is 23.8 Å². The van der Waals surface area contributed by atoms with Gasteiger partial charge in [0.25, 0.3) is 5.91 Å². The highest BCUT2D eigenvalue weighted by Gasteiger charge is 2.15. The van der Waals surface area contributed by atoms with Crippen LogP contribution in [0, 0.1) is 0 Å². The standard InChI is InChI=1S/C21H26N2O5/c1-4-27-17-10-12-18(13-11-17)28-15(2)21(25)23-22-20(24)14-9-16-7-5-6-8-19(16)26-3/h5-8,10-13,15H,4,9,14H2,1-3H3,(H,22,24)(H,23,25)/t15-/m1/s1. The summed E-state index contributed by atoms with van der Waals surface area (Å²) in [6, 6.07) is 14.5. The Morgan fingerprint density at radius 1 is 1.00 bits per heavy atom. The molecule has 0 saturated carbocycles. The molecule has 2 aromatic carbocycles. The van der Waals surface area contributed by atoms with Crippen LogP contribution < -0.4 is 25.1 Å². The van der Waals surface area contributed by atoms with E-state index in [-0.39, 0.29) is 12.3 Å². The predicted octanol–water partition coefficient (Wildman–Crippen LogP) is 2.64. The summed E-state index contributed by atoms with van der Waals surface area (Å²) in [7, 11) is 1.59. The van der Waals surface area contributed by atoms with E-state index in [0.29, 0.717) is 18.8 Å². The molecule has 0 unspecified atom stereocenters. The lowest BCUT2D eigenvalue weighted by atomic mass is 10.1. The zero-order valence-electron chi connectivity index (χ0n) is 16.4. The second-order valence-electron chi connectivity index (χ2n) is 6.01. The fourth-order valence-corrected chi connectivity index (χ4v) is 2.49. The first-order valence-electron chi connectivity index (χ1n) is 9.13. The first-order chi connectivity index (χ1) is 13.5. The summed E-state index contributed by atoms with van der Waals surface area (Å²) in [6.45, 7) is 4.09. The van der Waals surface area contributed by atoms with Crippen molar-refractivity contribution in [3.8, 4) is 17.2 Å². The Morgan fingerprint density at radius 3 is 2.36 bits per heavy atom. The molecule has 0 heterocycles. The van der Waals surface area contributed by atoms with Crippen molar-refractivity contribution >= 4 is 11.8 Å². The Labute approximate surface area is 165 Å². The van der Waals surface area contributed by atoms with Crippen LogP contribution in [0.3, 0.4) is 0 Å². The Bertz CT molecular complexity index is 777. The van der Waals surface area contributed by atoms with Gasteiger partial charge in [0.05, 0.1) is 13.7 Å². The van der Waals surface area contributed by atoms with Gasteiger partial charge in [0.2, 0.25) is 5.91 Å². The number of para-hydroxylation sites is 1. The van der Waals surface area contributed by atoms with Crippen LogP contribution in [0.1, 0.15) is 25.8 Å². The lowest BCUT2D eigenvalue weighted by Gasteiger charge is -2.15. The number of hydrogen-bond donors (Lipinski definition) is 2. The van der Waals surface area contributed by atoms with Gasteiger partial charge < -0.3 is 14.2 Å². The van der Waals surface area contributed by atoms with Gasteiger partial charge in [-0.05, 0) is 56.2 Å². The van der Waals surface area contributed by atoms with Crippen molar-refractivity contribution in [1.29, 1.82) is 0 Å². The van der Waals surface area contributed by atoms with E-state index in [1.807, 2.05) is 31.2 Å². The molecule has 0 fully saturated rings. The summed E-state index contributed by atoms with van der Waals surface area (Å²) in [6.07, 6.45) is -0.0499. The highest BCUT2D eigenvalue weighted by Crippen LogP contribution is 2.19. The molecule has 2 aromatic rings. The van der Waals surface area contributed by atoms with Crippen molar-refractivity contribution in [2.45, 2.75) is 32.8 Å². The van der Waals surface area contributed by atoms with E-state index in [1.165, 1.54) is 0 Å². The average molecular weight is 386 g/mol. The minimum absolute atomic E-state index is 0.217. The molecular formula is C21H26N2O5. The number of carbonyl (C=O) groups excluding carboxylic acids is 2. The van der Waals surface area contributed by atoms with Crippen LogP contribution in [-0.4, -0.2) is 31.6 Å². The van der Waals surface area contributed by atoms with E-state index in [0.717, 1.165) is 17.1 Å². The van der Waals surface area contributed by atoms with Crippen LogP contribution in [0.4, 0.5) is 0 Å². The Kier molecular flexibility index (Phi) is 8.14. The highest BCUT2D eigenvalue weighted by molar-refractivity contribution is 5.84. The van der Waals surface area contributed by atoms with Crippen molar-refractivity contribution in [2.75, 3.05) is 13.7 Å². The summed E-state index contributed by atoms with van der Waals surface area (Å²) in [5.41, 5.74) is 5.71. The third-order valence-corrected chi connectivity index (χ3v) is 3.96. The van der Waals surface area contributed by atoms with E-state index >= 15 is 0 Å². The Morgan fingerprint density at radius 2 is 1.68 bits per heavy atom. The highest BCUT2D eigenvalue weighted by atomic mass is 16.5. The fourth-order valence-electron chi connectivity index (χ4n) is 2.49. The molecule has 150 valence electrons. The molecule has 7 nitrogen and oxygen atoms in total. The minimum atomic E-state index is -0.771. The molecule has 0 spiro atoms. The largest absolute Gasteiger partial charge is 0.496 e. The third-order valence-electron chi connectivity index (χ3n) is 3.96. The molecule has 28 heavy (non-hydrogen) atoms. The number of rotatable bonds is 9. The topological polar surface area (TPSA) is 85.9 Å². The maximum Gasteiger partial charge on any atom is 0.279 e. The van der Waals surface area contributed by atoms with Crippen LogP contribution in [-0.2, 0) is 16.0 Å². The summed E-state index contributed by atoms with van der Waals surface area (Å²) >= 11 is 0. The van der Waals surface area contributed by atoms with E-state index in [2.05, 4.69) is 10.9 Å². The van der Waals surface area contributed by atoms with Crippen LogP contribution in [0.15, 0.2) is 48.5 Å². The first kappa shape index (κ1) is 21.1. The normalized spacial score (nSPS) is 11.2. The zero-order chi connectivity index (χ0) is 20.4. The molecule has 2 rings (SSSR count). The quantitative estimate of drug-likeness (QED) is 0.647. The molecule has 2 amide bonds. The van der Waals surface area contributed by atoms with Crippen LogP contribution in [0.25, 0.3) is 0 Å². The van der Waals surface area contributed by atoms with Crippen LogP contribution in [0.5, 0.6) is 17.2 Å². The van der Waals surface area contributed by atoms with Gasteiger partial charge in [-0.2, -0.15) is 0 Å². The SMILES string of the molecule is CCOc1ccc(O[C@H](C)C(=O)NNC(=O)CCc2ccccc2OC)cc1. The number of amides is 2. The number of carbonyl (C=O) groups is 2. The molecule has 0 aliphatic heterocycles. The van der Waals surface area contributed by atoms with Crippen molar-refractivity contribution in [3.05, 3.63) is 54.1 Å². The van der Waals surface area contributed by atoms with Gasteiger partial charge in [-0.15, -0.1) is 0 Å². The van der Waals surface area contributed by atoms with Gasteiger partial charge >= 0.3 is 0 Å². The number of hydrazine groups is 1. The van der Waals surface area contributed by atoms with Gasteiger partial charge in [-0.1, -0.05) is 18.2 Å². The van der Waals surface area contributed by atoms with E-state index in [9.17, 15) is 9.59 Å². The van der Waals surface area contributed by atoms with Crippen molar-refractivity contribution in [2.24, 2.45) is 0 Å². The van der Waals surface area contributed by atoms with Gasteiger partial charge in [0.1, 0.15) is 17.2 Å². The van der Waals surface area contributed by atoms with Gasteiger partial charge in [0.15, 0.2) is 6.10 Å². The minimum Gasteiger partial charge on any atom is -0.496 e. The number of nitrogens with one attached hydrogen (secondary N) is 2. The number of methoxy groups -OCH3 is 1. The van der Waals surface area contributed by atoms with E-state index in [4.69, 9.17) is 14.2 Å². The smallest absolute Gasteiger partial charge is 0.279 e. The number of benzene rings is 2. The lowest BCUT2D eigenvalue weighted by molar-refractivity contribution is -0.132. The molecule has 0 bridgehead atoms. The van der Waals surface area contributed by atoms with Gasteiger partial charge in [-0.25, -0.2) is 0 Å². The second-order valence-corrected chi connectivity index (χ2v) is 6.01. The van der Waals surface area contributed by atoms with E-state index < -0.39 is 12.0 Å². The monoisotopic (exact) mass is 386 g/mol. The molecule has 0 radical (unpaired) electrons. The summed E-state index contributed by atoms with van der Waals surface area (Å²) in [4.78, 5) is 24.1. The Balaban J connectivity index is 1.75. The predicted molar refractivity (Wildman–Crippen MR) is 105 cm³/mol. The molecule has 7 heteroatoms. The number of ether oxygens (including phenoxy) is 3. The molecule has 0 aliphatic rings. The first-order valence-corrected chi connectivity index (χ1v) is 9.13. The molecule has 1 atom stereocenters. The second kappa shape index (κ2) is 10.8. The summed E-state index contributed by atoms with van der Waals surface area (Å²) in [5, 5.41) is 0. The van der Waals surface area contributed by atoms with Crippen molar-refractivity contribution in [1.82, 2.24) is 10.9 Å². The average Bonchev–Trinajstić information content (AvgIpc) is 2.72. The molecule has 0 saturated heterocycles. The molecular weight excluding hydrogens is 360 g/mol. The van der Waals surface area contributed by atoms with Crippen LogP contribution in [0.2, 0.25) is 0 Å². The number of hydrogen-bond acceptors (Lipinski definition) is 5. The maximum atomic E-state index is 12.1. The van der Waals surface area contributed by atoms with Crippen LogP contribution >= 0.6 is 0 Å². The zero-order valence-corrected chi connectivity index (χ0v) is 16.4. The molecule has 2 N–H and O–H groups in total. The van der Waals surface area contributed by atoms with Gasteiger partial charge in [0, 0.05) is 6.42 Å². The van der Waals surface area contributed by atoms with Gasteiger partial charge in [-0.3, -0.25) is 20.4 Å². The molecule has 0 aromatic heterocycles. The van der Waals surface area contributed by atoms with E-state index in [1.54, 1.807) is 38.3 Å². The Hall–Kier alpha value is -3.22. The summed E-state index contributed by atoms with van der Waals surface area (Å²) in [5.74, 6) is 1.26. The maximum absolute atomic E-state index is 12.1. The third kappa shape index (κ3) is 6.50. The molecule has 0 aliphatic carbocycles.